The summed E-state index contributed by atoms with van der Waals surface area (Å²) < 4.78 is 0. The van der Waals surface area contributed by atoms with E-state index in [1.807, 2.05) is 24.5 Å². The summed E-state index contributed by atoms with van der Waals surface area (Å²) in [4.78, 5) is 6.69. The molecular weight excluding hydrogens is 282 g/mol. The second kappa shape index (κ2) is 7.03. The van der Waals surface area contributed by atoms with Gasteiger partial charge < -0.3 is 5.32 Å². The van der Waals surface area contributed by atoms with Crippen LogP contribution in [0, 0.1) is 0 Å². The van der Waals surface area contributed by atoms with Crippen LogP contribution in [0.3, 0.4) is 0 Å². The maximum atomic E-state index is 6.04. The SMILES string of the molecule is Clc1ccc(C(c2ccncc2)N2CCCNCC2)cc1. The van der Waals surface area contributed by atoms with Gasteiger partial charge in [-0.05, 0) is 48.4 Å². The van der Waals surface area contributed by atoms with Gasteiger partial charge in [-0.3, -0.25) is 9.88 Å². The van der Waals surface area contributed by atoms with E-state index in [-0.39, 0.29) is 6.04 Å². The number of rotatable bonds is 3. The fourth-order valence-corrected chi connectivity index (χ4v) is 3.06. The predicted molar refractivity (Wildman–Crippen MR) is 86.6 cm³/mol. The van der Waals surface area contributed by atoms with Crippen LogP contribution in [0.25, 0.3) is 0 Å². The number of aromatic nitrogens is 1. The molecule has 21 heavy (non-hydrogen) atoms. The molecule has 1 aliphatic heterocycles. The largest absolute Gasteiger partial charge is 0.315 e. The third kappa shape index (κ3) is 3.62. The molecule has 4 heteroatoms. The molecule has 3 nitrogen and oxygen atoms in total. The molecule has 1 aromatic heterocycles. The second-order valence-electron chi connectivity index (χ2n) is 5.37. The van der Waals surface area contributed by atoms with Gasteiger partial charge in [-0.2, -0.15) is 0 Å². The summed E-state index contributed by atoms with van der Waals surface area (Å²) in [6.45, 7) is 4.29. The van der Waals surface area contributed by atoms with E-state index in [1.54, 1.807) is 0 Å². The van der Waals surface area contributed by atoms with Crippen LogP contribution in [-0.2, 0) is 0 Å². The predicted octanol–water partition coefficient (Wildman–Crippen LogP) is 3.12. The fraction of sp³-hybridized carbons (Fsp3) is 0.353. The van der Waals surface area contributed by atoms with Gasteiger partial charge >= 0.3 is 0 Å². The van der Waals surface area contributed by atoms with E-state index >= 15 is 0 Å². The Morgan fingerprint density at radius 1 is 0.952 bits per heavy atom. The maximum absolute atomic E-state index is 6.04. The summed E-state index contributed by atoms with van der Waals surface area (Å²) in [7, 11) is 0. The Labute approximate surface area is 131 Å². The van der Waals surface area contributed by atoms with Gasteiger partial charge in [-0.1, -0.05) is 23.7 Å². The molecule has 2 heterocycles. The number of pyridine rings is 1. The number of nitrogens with one attached hydrogen (secondary N) is 1. The monoisotopic (exact) mass is 301 g/mol. The average Bonchev–Trinajstić information content (AvgIpc) is 2.80. The number of nitrogens with zero attached hydrogens (tertiary/aromatic N) is 2. The van der Waals surface area contributed by atoms with Crippen molar-refractivity contribution in [1.29, 1.82) is 0 Å². The van der Waals surface area contributed by atoms with Crippen LogP contribution in [-0.4, -0.2) is 36.1 Å². The summed E-state index contributed by atoms with van der Waals surface area (Å²) in [5, 5.41) is 4.25. The van der Waals surface area contributed by atoms with Crippen LogP contribution in [0.1, 0.15) is 23.6 Å². The normalized spacial score (nSPS) is 18.1. The number of hydrogen-bond acceptors (Lipinski definition) is 3. The van der Waals surface area contributed by atoms with E-state index in [1.165, 1.54) is 17.5 Å². The zero-order valence-corrected chi connectivity index (χ0v) is 12.8. The van der Waals surface area contributed by atoms with Gasteiger partial charge in [0, 0.05) is 37.1 Å². The summed E-state index contributed by atoms with van der Waals surface area (Å²) in [5.41, 5.74) is 2.57. The van der Waals surface area contributed by atoms with Crippen molar-refractivity contribution in [3.8, 4) is 0 Å². The van der Waals surface area contributed by atoms with E-state index in [4.69, 9.17) is 11.6 Å². The average molecular weight is 302 g/mol. The van der Waals surface area contributed by atoms with Crippen molar-refractivity contribution in [2.75, 3.05) is 26.2 Å². The molecule has 1 saturated heterocycles. The van der Waals surface area contributed by atoms with Gasteiger partial charge in [0.15, 0.2) is 0 Å². The molecule has 110 valence electrons. The van der Waals surface area contributed by atoms with Gasteiger partial charge in [-0.15, -0.1) is 0 Å². The Balaban J connectivity index is 1.95. The second-order valence-corrected chi connectivity index (χ2v) is 5.81. The van der Waals surface area contributed by atoms with Crippen LogP contribution < -0.4 is 5.32 Å². The smallest absolute Gasteiger partial charge is 0.0603 e. The molecule has 2 aromatic rings. The minimum atomic E-state index is 0.269. The lowest BCUT2D eigenvalue weighted by atomic mass is 9.97. The van der Waals surface area contributed by atoms with Crippen molar-refractivity contribution in [2.45, 2.75) is 12.5 Å². The molecule has 1 aromatic carbocycles. The lowest BCUT2D eigenvalue weighted by Gasteiger charge is -2.31. The molecule has 1 atom stereocenters. The van der Waals surface area contributed by atoms with E-state index in [2.05, 4.69) is 39.5 Å². The maximum Gasteiger partial charge on any atom is 0.0603 e. The summed E-state index contributed by atoms with van der Waals surface area (Å²) in [5.74, 6) is 0. The number of hydrogen-bond donors (Lipinski definition) is 1. The zero-order chi connectivity index (χ0) is 14.5. The van der Waals surface area contributed by atoms with Crippen LogP contribution >= 0.6 is 11.6 Å². The molecular formula is C17H20ClN3. The first-order chi connectivity index (χ1) is 10.3. The minimum absolute atomic E-state index is 0.269. The molecule has 0 amide bonds. The van der Waals surface area contributed by atoms with Crippen LogP contribution in [0.15, 0.2) is 48.8 Å². The Bertz CT molecular complexity index is 548. The summed E-state index contributed by atoms with van der Waals surface area (Å²) in [6, 6.07) is 12.7. The molecule has 0 bridgehead atoms. The van der Waals surface area contributed by atoms with Crippen molar-refractivity contribution < 1.29 is 0 Å². The number of halogens is 1. The Hall–Kier alpha value is -1.42. The zero-order valence-electron chi connectivity index (χ0n) is 12.0. The highest BCUT2D eigenvalue weighted by Gasteiger charge is 2.22. The molecule has 3 rings (SSSR count). The molecule has 1 aliphatic rings. The van der Waals surface area contributed by atoms with Crippen molar-refractivity contribution in [1.82, 2.24) is 15.2 Å². The molecule has 1 unspecified atom stereocenters. The van der Waals surface area contributed by atoms with E-state index in [0.717, 1.165) is 31.2 Å². The molecule has 0 aliphatic carbocycles. The van der Waals surface area contributed by atoms with Gasteiger partial charge in [0.05, 0.1) is 6.04 Å². The third-order valence-electron chi connectivity index (χ3n) is 3.95. The van der Waals surface area contributed by atoms with Crippen molar-refractivity contribution >= 4 is 11.6 Å². The van der Waals surface area contributed by atoms with Crippen LogP contribution in [0.4, 0.5) is 0 Å². The van der Waals surface area contributed by atoms with Crippen LogP contribution in [0.2, 0.25) is 5.02 Å². The van der Waals surface area contributed by atoms with Crippen molar-refractivity contribution in [3.05, 3.63) is 64.9 Å². The van der Waals surface area contributed by atoms with Crippen LogP contribution in [0.5, 0.6) is 0 Å². The van der Waals surface area contributed by atoms with Gasteiger partial charge in [0.25, 0.3) is 0 Å². The van der Waals surface area contributed by atoms with Gasteiger partial charge in [-0.25, -0.2) is 0 Å². The lowest BCUT2D eigenvalue weighted by Crippen LogP contribution is -2.33. The minimum Gasteiger partial charge on any atom is -0.315 e. The van der Waals surface area contributed by atoms with Gasteiger partial charge in [0.2, 0.25) is 0 Å². The Kier molecular flexibility index (Phi) is 4.86. The van der Waals surface area contributed by atoms with Gasteiger partial charge in [0.1, 0.15) is 0 Å². The molecule has 0 radical (unpaired) electrons. The first-order valence-electron chi connectivity index (χ1n) is 7.45. The first-order valence-corrected chi connectivity index (χ1v) is 7.82. The Morgan fingerprint density at radius 3 is 2.43 bits per heavy atom. The molecule has 0 spiro atoms. The highest BCUT2D eigenvalue weighted by molar-refractivity contribution is 6.30. The fourth-order valence-electron chi connectivity index (χ4n) is 2.93. The van der Waals surface area contributed by atoms with Crippen molar-refractivity contribution in [2.24, 2.45) is 0 Å². The highest BCUT2D eigenvalue weighted by Crippen LogP contribution is 2.29. The molecule has 1 fully saturated rings. The lowest BCUT2D eigenvalue weighted by molar-refractivity contribution is 0.241. The van der Waals surface area contributed by atoms with E-state index < -0.39 is 0 Å². The standard InChI is InChI=1S/C17H20ClN3/c18-16-4-2-14(3-5-16)17(15-6-9-20-10-7-15)21-12-1-8-19-11-13-21/h2-7,9-10,17,19H,1,8,11-13H2. The molecule has 0 saturated carbocycles. The van der Waals surface area contributed by atoms with Crippen molar-refractivity contribution in [3.63, 3.8) is 0 Å². The quantitative estimate of drug-likeness (QED) is 0.944. The summed E-state index contributed by atoms with van der Waals surface area (Å²) >= 11 is 6.04. The first kappa shape index (κ1) is 14.5. The summed E-state index contributed by atoms with van der Waals surface area (Å²) in [6.07, 6.45) is 4.91. The highest BCUT2D eigenvalue weighted by atomic mass is 35.5. The third-order valence-corrected chi connectivity index (χ3v) is 4.20. The van der Waals surface area contributed by atoms with E-state index in [9.17, 15) is 0 Å². The molecule has 1 N–H and O–H groups in total. The Morgan fingerprint density at radius 2 is 1.67 bits per heavy atom. The topological polar surface area (TPSA) is 28.2 Å². The number of benzene rings is 1. The van der Waals surface area contributed by atoms with E-state index in [0.29, 0.717) is 0 Å².